The summed E-state index contributed by atoms with van der Waals surface area (Å²) in [4.78, 5) is 12.0. The average Bonchev–Trinajstić information content (AvgIpc) is 2.83. The van der Waals surface area contributed by atoms with Gasteiger partial charge < -0.3 is 4.90 Å². The lowest BCUT2D eigenvalue weighted by molar-refractivity contribution is 0.599. The van der Waals surface area contributed by atoms with Gasteiger partial charge in [-0.15, -0.1) is 0 Å². The number of fused-ring (bicyclic) bond motifs is 1. The van der Waals surface area contributed by atoms with E-state index in [-0.39, 0.29) is 4.90 Å². The lowest BCUT2D eigenvalue weighted by atomic mass is 10.1. The van der Waals surface area contributed by atoms with E-state index in [9.17, 15) is 8.42 Å². The summed E-state index contributed by atoms with van der Waals surface area (Å²) < 4.78 is 29.0. The highest BCUT2D eigenvalue weighted by molar-refractivity contribution is 7.92. The highest BCUT2D eigenvalue weighted by Gasteiger charge is 2.21. The van der Waals surface area contributed by atoms with Crippen LogP contribution in [0.15, 0.2) is 59.5 Å². The average molecular weight is 469 g/mol. The van der Waals surface area contributed by atoms with Crippen molar-refractivity contribution in [3.05, 3.63) is 54.6 Å². The number of unbranched alkanes of at least 4 members (excludes halogenated alkanes) is 6. The molecule has 178 valence electrons. The number of nitrogens with one attached hydrogen (secondary N) is 1. The molecule has 1 N–H and O–H groups in total. The third kappa shape index (κ3) is 7.16. The van der Waals surface area contributed by atoms with Crippen LogP contribution in [0.25, 0.3) is 11.0 Å². The van der Waals surface area contributed by atoms with Crippen LogP contribution in [0.2, 0.25) is 0 Å². The second kappa shape index (κ2) is 12.5. The Kier molecular flexibility index (Phi) is 9.48. The van der Waals surface area contributed by atoms with Gasteiger partial charge in [0.15, 0.2) is 11.6 Å². The number of para-hydroxylation sites is 2. The van der Waals surface area contributed by atoms with Crippen molar-refractivity contribution in [1.29, 1.82) is 0 Å². The lowest BCUT2D eigenvalue weighted by Gasteiger charge is -2.26. The van der Waals surface area contributed by atoms with E-state index in [0.29, 0.717) is 17.2 Å². The first-order valence-electron chi connectivity index (χ1n) is 12.1. The molecule has 0 spiro atoms. The van der Waals surface area contributed by atoms with Crippen molar-refractivity contribution in [1.82, 2.24) is 9.97 Å². The van der Waals surface area contributed by atoms with E-state index < -0.39 is 10.0 Å². The molecule has 33 heavy (non-hydrogen) atoms. The topological polar surface area (TPSA) is 75.2 Å². The smallest absolute Gasteiger partial charge is 0.263 e. The van der Waals surface area contributed by atoms with Gasteiger partial charge in [0.05, 0.1) is 15.9 Å². The number of anilines is 2. The molecule has 0 aliphatic rings. The summed E-state index contributed by atoms with van der Waals surface area (Å²) >= 11 is 0. The number of hydrogen-bond acceptors (Lipinski definition) is 5. The maximum Gasteiger partial charge on any atom is 0.263 e. The first kappa shape index (κ1) is 25.0. The highest BCUT2D eigenvalue weighted by atomic mass is 32.2. The van der Waals surface area contributed by atoms with Gasteiger partial charge in [-0.3, -0.25) is 4.72 Å². The molecule has 0 aliphatic heterocycles. The summed E-state index contributed by atoms with van der Waals surface area (Å²) in [5, 5.41) is 0. The fourth-order valence-electron chi connectivity index (χ4n) is 3.85. The largest absolute Gasteiger partial charge is 0.354 e. The van der Waals surface area contributed by atoms with Crippen LogP contribution in [0.4, 0.5) is 11.6 Å². The van der Waals surface area contributed by atoms with Crippen molar-refractivity contribution in [3.8, 4) is 0 Å². The molecule has 2 aromatic carbocycles. The van der Waals surface area contributed by atoms with E-state index in [2.05, 4.69) is 23.5 Å². The van der Waals surface area contributed by atoms with Crippen LogP contribution in [-0.4, -0.2) is 31.5 Å². The minimum absolute atomic E-state index is 0.211. The van der Waals surface area contributed by atoms with E-state index in [1.165, 1.54) is 25.7 Å². The fourth-order valence-corrected chi connectivity index (χ4v) is 4.87. The zero-order valence-corrected chi connectivity index (χ0v) is 20.7. The van der Waals surface area contributed by atoms with E-state index in [1.807, 2.05) is 24.3 Å². The second-order valence-electron chi connectivity index (χ2n) is 8.41. The maximum atomic E-state index is 13.1. The van der Waals surface area contributed by atoms with Gasteiger partial charge in [0, 0.05) is 13.1 Å². The zero-order chi connectivity index (χ0) is 23.5. The molecule has 0 radical (unpaired) electrons. The highest BCUT2D eigenvalue weighted by Crippen LogP contribution is 2.28. The Morgan fingerprint density at radius 1 is 0.727 bits per heavy atom. The van der Waals surface area contributed by atoms with Crippen molar-refractivity contribution in [2.45, 2.75) is 70.1 Å². The Bertz CT molecular complexity index is 1090. The predicted molar refractivity (Wildman–Crippen MR) is 137 cm³/mol. The third-order valence-corrected chi connectivity index (χ3v) is 7.05. The van der Waals surface area contributed by atoms with E-state index in [0.717, 1.165) is 44.3 Å². The molecule has 0 atom stereocenters. The van der Waals surface area contributed by atoms with Crippen LogP contribution in [0, 0.1) is 0 Å². The third-order valence-electron chi connectivity index (χ3n) is 5.70. The molecule has 1 aromatic heterocycles. The molecule has 3 aromatic rings. The van der Waals surface area contributed by atoms with Gasteiger partial charge in [0.1, 0.15) is 0 Å². The van der Waals surface area contributed by atoms with Crippen molar-refractivity contribution in [2.24, 2.45) is 0 Å². The van der Waals surface area contributed by atoms with Crippen LogP contribution in [-0.2, 0) is 10.0 Å². The molecule has 0 unspecified atom stereocenters. The number of sulfonamides is 1. The predicted octanol–water partition coefficient (Wildman–Crippen LogP) is 6.40. The molecule has 0 amide bonds. The monoisotopic (exact) mass is 468 g/mol. The van der Waals surface area contributed by atoms with Crippen LogP contribution < -0.4 is 9.62 Å². The SMILES string of the molecule is CCCCCCN(CCCCCC)c1nc2ccccc2nc1NS(=O)(=O)c1ccccc1. The zero-order valence-electron chi connectivity index (χ0n) is 19.8. The van der Waals surface area contributed by atoms with Gasteiger partial charge in [-0.1, -0.05) is 82.7 Å². The summed E-state index contributed by atoms with van der Waals surface area (Å²) in [5.41, 5.74) is 1.44. The Balaban J connectivity index is 1.97. The number of hydrogen-bond donors (Lipinski definition) is 1. The van der Waals surface area contributed by atoms with E-state index in [1.54, 1.807) is 30.3 Å². The first-order chi connectivity index (χ1) is 16.0. The molecule has 0 aliphatic carbocycles. The molecule has 6 nitrogen and oxygen atoms in total. The Hall–Kier alpha value is -2.67. The Morgan fingerprint density at radius 3 is 1.85 bits per heavy atom. The summed E-state index contributed by atoms with van der Waals surface area (Å²) in [7, 11) is -3.78. The van der Waals surface area contributed by atoms with Gasteiger partial charge in [0.2, 0.25) is 0 Å². The Labute approximate surface area is 198 Å². The summed E-state index contributed by atoms with van der Waals surface area (Å²) in [6.07, 6.45) is 9.12. The standard InChI is InChI=1S/C26H36N4O2S/c1-3-5-7-14-20-30(21-15-8-6-4-2)26-25(27-23-18-12-13-19-24(23)28-26)29-33(31,32)22-16-10-9-11-17-22/h9-13,16-19H,3-8,14-15,20-21H2,1-2H3,(H,27,29). The van der Waals surface area contributed by atoms with Crippen LogP contribution in [0.5, 0.6) is 0 Å². The van der Waals surface area contributed by atoms with Crippen molar-refractivity contribution in [3.63, 3.8) is 0 Å². The summed E-state index contributed by atoms with van der Waals surface area (Å²) in [6, 6.07) is 16.0. The molecular formula is C26H36N4O2S. The minimum atomic E-state index is -3.78. The molecule has 0 saturated heterocycles. The molecule has 1 heterocycles. The molecule has 0 fully saturated rings. The minimum Gasteiger partial charge on any atom is -0.354 e. The number of rotatable bonds is 14. The second-order valence-corrected chi connectivity index (χ2v) is 10.1. The van der Waals surface area contributed by atoms with Gasteiger partial charge in [0.25, 0.3) is 10.0 Å². The van der Waals surface area contributed by atoms with Gasteiger partial charge in [-0.05, 0) is 37.1 Å². The maximum absolute atomic E-state index is 13.1. The molecule has 0 saturated carbocycles. The summed E-state index contributed by atoms with van der Waals surface area (Å²) in [5.74, 6) is 0.907. The van der Waals surface area contributed by atoms with Crippen molar-refractivity contribution in [2.75, 3.05) is 22.7 Å². The van der Waals surface area contributed by atoms with Gasteiger partial charge >= 0.3 is 0 Å². The molecular weight excluding hydrogens is 432 g/mol. The number of benzene rings is 2. The molecule has 0 bridgehead atoms. The quantitative estimate of drug-likeness (QED) is 0.277. The van der Waals surface area contributed by atoms with E-state index >= 15 is 0 Å². The molecule has 3 rings (SSSR count). The number of aromatic nitrogens is 2. The van der Waals surface area contributed by atoms with Crippen molar-refractivity contribution < 1.29 is 8.42 Å². The van der Waals surface area contributed by atoms with Crippen molar-refractivity contribution >= 4 is 32.7 Å². The molecule has 7 heteroatoms. The van der Waals surface area contributed by atoms with Gasteiger partial charge in [-0.2, -0.15) is 0 Å². The van der Waals surface area contributed by atoms with Crippen LogP contribution in [0.3, 0.4) is 0 Å². The first-order valence-corrected chi connectivity index (χ1v) is 13.6. The fraction of sp³-hybridized carbons (Fsp3) is 0.462. The van der Waals surface area contributed by atoms with Crippen LogP contribution >= 0.6 is 0 Å². The lowest BCUT2D eigenvalue weighted by Crippen LogP contribution is -2.29. The van der Waals surface area contributed by atoms with Crippen LogP contribution in [0.1, 0.15) is 65.2 Å². The van der Waals surface area contributed by atoms with E-state index in [4.69, 9.17) is 9.97 Å². The number of nitrogens with zero attached hydrogens (tertiary/aromatic N) is 3. The van der Waals surface area contributed by atoms with Gasteiger partial charge in [-0.25, -0.2) is 18.4 Å². The Morgan fingerprint density at radius 2 is 1.27 bits per heavy atom. The summed E-state index contributed by atoms with van der Waals surface area (Å²) in [6.45, 7) is 6.07. The normalized spacial score (nSPS) is 11.6.